The number of imidazole rings is 2. The van der Waals surface area contributed by atoms with Crippen LogP contribution in [0.15, 0.2) is 77.3 Å². The molecule has 3 heterocycles. The Kier molecular flexibility index (Phi) is 9.37. The van der Waals surface area contributed by atoms with E-state index in [1.807, 2.05) is 85.7 Å². The molecule has 2 amide bonds. The van der Waals surface area contributed by atoms with E-state index in [4.69, 9.17) is 27.2 Å². The minimum Gasteiger partial charge on any atom is -0.436 e. The van der Waals surface area contributed by atoms with Crippen molar-refractivity contribution < 1.29 is 14.0 Å². The van der Waals surface area contributed by atoms with Crippen molar-refractivity contribution in [1.82, 2.24) is 39.6 Å². The molecule has 262 valence electrons. The number of aromatic amines is 2. The van der Waals surface area contributed by atoms with Gasteiger partial charge in [-0.1, -0.05) is 36.4 Å². The molecule has 1 aliphatic carbocycles. The fourth-order valence-corrected chi connectivity index (χ4v) is 7.06. The molecule has 3 aromatic carbocycles. The third kappa shape index (κ3) is 6.55. The maximum Gasteiger partial charge on any atom is 0.235 e. The number of hydrogen-bond acceptors (Lipinski definition) is 7. The summed E-state index contributed by atoms with van der Waals surface area (Å²) < 4.78 is 6.30. The summed E-state index contributed by atoms with van der Waals surface area (Å²) in [4.78, 5) is 53.1. The molecule has 2 atom stereocenters. The van der Waals surface area contributed by atoms with E-state index >= 15 is 0 Å². The van der Waals surface area contributed by atoms with Crippen LogP contribution in [0.25, 0.3) is 44.8 Å². The van der Waals surface area contributed by atoms with E-state index in [0.717, 1.165) is 39.7 Å². The summed E-state index contributed by atoms with van der Waals surface area (Å²) >= 11 is 0. The topological polar surface area (TPSA) is 127 Å². The van der Waals surface area contributed by atoms with Gasteiger partial charge in [0.2, 0.25) is 17.7 Å². The van der Waals surface area contributed by atoms with E-state index in [-0.39, 0.29) is 17.9 Å². The zero-order chi connectivity index (χ0) is 36.4. The molecule has 6 aromatic rings. The quantitative estimate of drug-likeness (QED) is 0.148. The Balaban J connectivity index is 1.12. The van der Waals surface area contributed by atoms with Crippen molar-refractivity contribution in [2.45, 2.75) is 50.7 Å². The summed E-state index contributed by atoms with van der Waals surface area (Å²) in [7, 11) is 4.04. The largest absolute Gasteiger partial charge is 0.436 e. The summed E-state index contributed by atoms with van der Waals surface area (Å²) in [5.41, 5.74) is 5.02. The Morgan fingerprint density at radius 3 is 2.33 bits per heavy atom. The second-order valence-electron chi connectivity index (χ2n) is 13.4. The molecule has 1 fully saturated rings. The van der Waals surface area contributed by atoms with Gasteiger partial charge in [0.25, 0.3) is 0 Å². The number of hydrogen-bond donors (Lipinski definition) is 2. The zero-order valence-electron chi connectivity index (χ0n) is 29.5. The third-order valence-corrected chi connectivity index (χ3v) is 9.80. The van der Waals surface area contributed by atoms with Crippen LogP contribution in [0.4, 0.5) is 0 Å². The number of aromatic nitrogens is 5. The Morgan fingerprint density at radius 2 is 1.62 bits per heavy atom. The predicted molar refractivity (Wildman–Crippen MR) is 200 cm³/mol. The van der Waals surface area contributed by atoms with Crippen LogP contribution in [0.3, 0.4) is 0 Å². The lowest BCUT2D eigenvalue weighted by Gasteiger charge is -2.28. The van der Waals surface area contributed by atoms with Crippen molar-refractivity contribution in [2.24, 2.45) is 0 Å². The van der Waals surface area contributed by atoms with Crippen molar-refractivity contribution in [3.8, 4) is 47.5 Å². The fraction of sp³-hybridized carbons (Fsp3) is 0.293. The van der Waals surface area contributed by atoms with Gasteiger partial charge in [0.05, 0.1) is 46.8 Å². The molecule has 11 nitrogen and oxygen atoms in total. The van der Waals surface area contributed by atoms with E-state index in [1.54, 1.807) is 11.1 Å². The van der Waals surface area contributed by atoms with Gasteiger partial charge in [-0.2, -0.15) is 0 Å². The zero-order valence-corrected chi connectivity index (χ0v) is 29.5. The predicted octanol–water partition coefficient (Wildman–Crippen LogP) is 5.76. The average molecular weight is 693 g/mol. The molecule has 0 saturated heterocycles. The van der Waals surface area contributed by atoms with Gasteiger partial charge in [0, 0.05) is 44.5 Å². The number of carbonyl (C=O) groups is 2. The van der Waals surface area contributed by atoms with Gasteiger partial charge in [0.1, 0.15) is 17.2 Å². The van der Waals surface area contributed by atoms with E-state index in [1.165, 1.54) is 6.92 Å². The second kappa shape index (κ2) is 14.2. The SMILES string of the molecule is C#CCCN(Cc1nc2c(-c3ncc(-c4ccc5nc(CN(CCC#C)C(=O)C6(c7ccccc7)CC6N(C)C)[nH]c5c4)o3)cccc2[nH]1)C(C)=O. The standard InChI is InChI=1S/C41H40N8O3/c1-6-8-20-48(27(3)50)25-37-44-32-17-13-16-30(38(32)46-37)39-42-24-34(52-39)28-18-19-31-33(22-28)45-36(43-31)26-49(21-9-7-2)40(51)41(23-35(41)47(4)5)29-14-11-10-12-15-29/h1-2,10-19,22,24,35H,8-9,20-21,23,25-26H2,3-5H3,(H,43,45)(H,44,46). The Bertz CT molecular complexity index is 2340. The van der Waals surface area contributed by atoms with E-state index < -0.39 is 5.41 Å². The highest BCUT2D eigenvalue weighted by atomic mass is 16.4. The third-order valence-electron chi connectivity index (χ3n) is 9.80. The number of benzene rings is 3. The molecule has 1 aliphatic rings. The lowest BCUT2D eigenvalue weighted by atomic mass is 9.92. The summed E-state index contributed by atoms with van der Waals surface area (Å²) in [5, 5.41) is 0. The lowest BCUT2D eigenvalue weighted by Crippen LogP contribution is -2.43. The highest BCUT2D eigenvalue weighted by Gasteiger charge is 2.63. The van der Waals surface area contributed by atoms with Crippen molar-refractivity contribution in [1.29, 1.82) is 0 Å². The molecule has 3 aromatic heterocycles. The number of nitrogens with one attached hydrogen (secondary N) is 2. The minimum absolute atomic E-state index is 0.0575. The van der Waals surface area contributed by atoms with Crippen LogP contribution in [0.2, 0.25) is 0 Å². The number of para-hydroxylation sites is 1. The maximum atomic E-state index is 14.4. The van der Waals surface area contributed by atoms with Crippen LogP contribution in [0.5, 0.6) is 0 Å². The molecule has 52 heavy (non-hydrogen) atoms. The van der Waals surface area contributed by atoms with E-state index in [9.17, 15) is 9.59 Å². The highest BCUT2D eigenvalue weighted by molar-refractivity contribution is 5.93. The normalized spacial score (nSPS) is 16.5. The summed E-state index contributed by atoms with van der Waals surface area (Å²) in [6.07, 6.45) is 14.4. The van der Waals surface area contributed by atoms with Crippen LogP contribution in [-0.4, -0.2) is 84.7 Å². The molecule has 0 spiro atoms. The first-order chi connectivity index (χ1) is 25.2. The molecule has 11 heteroatoms. The van der Waals surface area contributed by atoms with Crippen LogP contribution < -0.4 is 0 Å². The fourth-order valence-electron chi connectivity index (χ4n) is 7.06. The van der Waals surface area contributed by atoms with Gasteiger partial charge in [-0.15, -0.1) is 24.7 Å². The van der Waals surface area contributed by atoms with Gasteiger partial charge >= 0.3 is 0 Å². The molecule has 2 unspecified atom stereocenters. The van der Waals surface area contributed by atoms with Crippen molar-refractivity contribution >= 4 is 33.9 Å². The van der Waals surface area contributed by atoms with Crippen LogP contribution in [0, 0.1) is 24.7 Å². The Labute approximate surface area is 302 Å². The molecule has 0 bridgehead atoms. The molecule has 0 radical (unpaired) electrons. The van der Waals surface area contributed by atoms with Crippen LogP contribution >= 0.6 is 0 Å². The van der Waals surface area contributed by atoms with Gasteiger partial charge in [-0.3, -0.25) is 9.59 Å². The molecule has 1 saturated carbocycles. The summed E-state index contributed by atoms with van der Waals surface area (Å²) in [6.45, 7) is 3.02. The molecule has 2 N–H and O–H groups in total. The van der Waals surface area contributed by atoms with Gasteiger partial charge < -0.3 is 29.1 Å². The van der Waals surface area contributed by atoms with Crippen LogP contribution in [0.1, 0.15) is 43.4 Å². The monoisotopic (exact) mass is 692 g/mol. The number of amides is 2. The number of carbonyl (C=O) groups excluding carboxylic acids is 2. The Hall–Kier alpha value is -6.17. The van der Waals surface area contributed by atoms with E-state index in [2.05, 4.69) is 31.7 Å². The summed E-state index contributed by atoms with van der Waals surface area (Å²) in [6, 6.07) is 21.7. The lowest BCUT2D eigenvalue weighted by molar-refractivity contribution is -0.135. The Morgan fingerprint density at radius 1 is 0.904 bits per heavy atom. The van der Waals surface area contributed by atoms with Crippen LogP contribution in [-0.2, 0) is 28.1 Å². The number of H-pyrrole nitrogens is 2. The number of terminal acetylenes is 2. The number of nitrogens with zero attached hydrogens (tertiary/aromatic N) is 6. The molecular formula is C41H40N8O3. The average Bonchev–Trinajstić information content (AvgIpc) is 3.42. The number of oxazole rings is 1. The van der Waals surface area contributed by atoms with Gasteiger partial charge in [-0.25, -0.2) is 15.0 Å². The van der Waals surface area contributed by atoms with Gasteiger partial charge in [0.15, 0.2) is 5.76 Å². The van der Waals surface area contributed by atoms with Crippen molar-refractivity contribution in [3.05, 3.63) is 90.1 Å². The second-order valence-corrected chi connectivity index (χ2v) is 13.4. The maximum absolute atomic E-state index is 14.4. The first kappa shape index (κ1) is 34.3. The molecular weight excluding hydrogens is 653 g/mol. The number of fused-ring (bicyclic) bond motifs is 2. The molecule has 0 aliphatic heterocycles. The van der Waals surface area contributed by atoms with Crippen molar-refractivity contribution in [3.63, 3.8) is 0 Å². The first-order valence-electron chi connectivity index (χ1n) is 17.3. The van der Waals surface area contributed by atoms with E-state index in [0.29, 0.717) is 67.8 Å². The minimum atomic E-state index is -0.624. The first-order valence-corrected chi connectivity index (χ1v) is 17.3. The highest BCUT2D eigenvalue weighted by Crippen LogP contribution is 2.52. The van der Waals surface area contributed by atoms with Gasteiger partial charge in [-0.05, 0) is 56.4 Å². The smallest absolute Gasteiger partial charge is 0.235 e. The van der Waals surface area contributed by atoms with Crippen molar-refractivity contribution in [2.75, 3.05) is 27.2 Å². The number of rotatable bonds is 13. The molecule has 7 rings (SSSR count). The summed E-state index contributed by atoms with van der Waals surface area (Å²) in [5.74, 6) is 7.59. The number of likely N-dealkylation sites (N-methyl/N-ethyl adjacent to an activating group) is 1.